The molecule has 1 aliphatic heterocycles. The van der Waals surface area contributed by atoms with Crippen LogP contribution in [0.3, 0.4) is 0 Å². The van der Waals surface area contributed by atoms with E-state index in [1.807, 2.05) is 0 Å². The number of hydrogen-bond donors (Lipinski definition) is 0. The van der Waals surface area contributed by atoms with E-state index < -0.39 is 85.8 Å². The molecule has 4 aromatic carbocycles. The number of benzene rings is 4. The predicted octanol–water partition coefficient (Wildman–Crippen LogP) is 6.03. The summed E-state index contributed by atoms with van der Waals surface area (Å²) in [5.41, 5.74) is -1.99. The Balaban J connectivity index is 1.60. The highest BCUT2D eigenvalue weighted by atomic mass is 19.2. The van der Waals surface area contributed by atoms with Gasteiger partial charge in [0.05, 0.1) is 17.5 Å². The second-order valence-corrected chi connectivity index (χ2v) is 10.9. The van der Waals surface area contributed by atoms with Crippen molar-refractivity contribution in [1.29, 1.82) is 0 Å². The van der Waals surface area contributed by atoms with Gasteiger partial charge >= 0.3 is 11.9 Å². The van der Waals surface area contributed by atoms with Gasteiger partial charge in [0.2, 0.25) is 5.91 Å². The fourth-order valence-electron chi connectivity index (χ4n) is 5.57. The van der Waals surface area contributed by atoms with Crippen LogP contribution in [0.25, 0.3) is 0 Å². The molecule has 10 heteroatoms. The zero-order chi connectivity index (χ0) is 37.8. The molecule has 1 aliphatic rings. The van der Waals surface area contributed by atoms with Gasteiger partial charge in [-0.2, -0.15) is 0 Å². The van der Waals surface area contributed by atoms with Crippen molar-refractivity contribution >= 4 is 17.8 Å². The molecule has 0 saturated carbocycles. The SMILES string of the molecule is [2H]C([2H])([2H])N(C[C@@H]1CN(C(=O)Cc2cc(F)c(F)cc2F)CC[C@@]1(OC(=O)c1ccccc1)c1cccc(C(=O)Oc2ccccc2)c1)C([2H])([2H])[2H]. The smallest absolute Gasteiger partial charge is 0.343 e. The fourth-order valence-corrected chi connectivity index (χ4v) is 5.57. The highest BCUT2D eigenvalue weighted by molar-refractivity contribution is 5.92. The van der Waals surface area contributed by atoms with Crippen molar-refractivity contribution in [3.8, 4) is 5.75 Å². The molecule has 1 saturated heterocycles. The Kier molecular flexibility index (Phi) is 7.68. The minimum Gasteiger partial charge on any atom is -0.450 e. The molecular weight excluding hydrogens is 597 g/mol. The van der Waals surface area contributed by atoms with Gasteiger partial charge in [0.25, 0.3) is 0 Å². The van der Waals surface area contributed by atoms with E-state index in [1.54, 1.807) is 48.5 Å². The summed E-state index contributed by atoms with van der Waals surface area (Å²) in [5.74, 6) is -7.44. The minimum atomic E-state index is -3.19. The van der Waals surface area contributed by atoms with Crippen LogP contribution in [0.5, 0.6) is 5.75 Å². The molecule has 0 unspecified atom stereocenters. The first-order chi connectivity index (χ1) is 24.5. The Labute approximate surface area is 273 Å². The zero-order valence-corrected chi connectivity index (χ0v) is 24.4. The van der Waals surface area contributed by atoms with Crippen molar-refractivity contribution in [2.45, 2.75) is 18.4 Å². The molecule has 0 aliphatic carbocycles. The van der Waals surface area contributed by atoms with Gasteiger partial charge in [0.15, 0.2) is 11.6 Å². The van der Waals surface area contributed by atoms with Gasteiger partial charge in [-0.25, -0.2) is 22.8 Å². The highest BCUT2D eigenvalue weighted by Gasteiger charge is 2.49. The average molecular weight is 637 g/mol. The maximum Gasteiger partial charge on any atom is 0.343 e. The summed E-state index contributed by atoms with van der Waals surface area (Å²) in [4.78, 5) is 42.1. The Morgan fingerprint density at radius 1 is 0.848 bits per heavy atom. The number of likely N-dealkylation sites (tertiary alicyclic amines) is 1. The van der Waals surface area contributed by atoms with Crippen LogP contribution in [0, 0.1) is 23.4 Å². The van der Waals surface area contributed by atoms with Crippen molar-refractivity contribution in [1.82, 2.24) is 9.80 Å². The van der Waals surface area contributed by atoms with Gasteiger partial charge in [0, 0.05) is 51.8 Å². The summed E-state index contributed by atoms with van der Waals surface area (Å²) < 4.78 is 102. The molecular formula is C36H33F3N2O5. The van der Waals surface area contributed by atoms with E-state index in [-0.39, 0.29) is 40.3 Å². The number of para-hydroxylation sites is 1. The molecule has 5 rings (SSSR count). The van der Waals surface area contributed by atoms with Gasteiger partial charge in [-0.1, -0.05) is 48.5 Å². The lowest BCUT2D eigenvalue weighted by Gasteiger charge is -2.48. The number of halogens is 3. The van der Waals surface area contributed by atoms with Crippen LogP contribution in [-0.4, -0.2) is 61.2 Å². The molecule has 0 spiro atoms. The summed E-state index contributed by atoms with van der Waals surface area (Å²) in [7, 11) is 0. The fraction of sp³-hybridized carbons (Fsp3) is 0.250. The van der Waals surface area contributed by atoms with Crippen LogP contribution in [0.1, 0.15) is 46.5 Å². The number of amides is 1. The Hall–Kier alpha value is -4.96. The monoisotopic (exact) mass is 636 g/mol. The maximum atomic E-state index is 14.6. The molecule has 1 heterocycles. The summed E-state index contributed by atoms with van der Waals surface area (Å²) in [5, 5.41) is 0. The van der Waals surface area contributed by atoms with Crippen LogP contribution < -0.4 is 4.74 Å². The lowest BCUT2D eigenvalue weighted by molar-refractivity contribution is -0.142. The third-order valence-electron chi connectivity index (χ3n) is 7.87. The number of carbonyl (C=O) groups excluding carboxylic acids is 3. The van der Waals surface area contributed by atoms with E-state index in [1.165, 1.54) is 41.3 Å². The molecule has 1 amide bonds. The molecule has 0 aromatic heterocycles. The van der Waals surface area contributed by atoms with Gasteiger partial charge in [-0.15, -0.1) is 0 Å². The molecule has 0 N–H and O–H groups in total. The summed E-state index contributed by atoms with van der Waals surface area (Å²) in [6.07, 6.45) is -0.953. The standard InChI is InChI=1S/C36H33F3N2O5/c1-40(2)22-28-23-41(33(42)20-26-19-31(38)32(39)21-30(26)37)17-16-36(28,46-35(44)24-10-5-3-6-11-24)27-13-9-12-25(18-27)34(43)45-29-14-7-4-8-15-29/h3-15,18-19,21,28H,16-17,20,22-23H2,1-2H3/t28-,36-/m1/s1/i1D3,2D3. The molecule has 238 valence electrons. The lowest BCUT2D eigenvalue weighted by Crippen LogP contribution is -2.56. The van der Waals surface area contributed by atoms with Crippen molar-refractivity contribution in [2.75, 3.05) is 33.6 Å². The van der Waals surface area contributed by atoms with E-state index in [0.29, 0.717) is 12.1 Å². The van der Waals surface area contributed by atoms with Crippen molar-refractivity contribution in [3.05, 3.63) is 137 Å². The summed E-state index contributed by atoms with van der Waals surface area (Å²) in [6.45, 7) is -7.78. The second kappa shape index (κ2) is 14.0. The number of hydrogen-bond acceptors (Lipinski definition) is 6. The predicted molar refractivity (Wildman–Crippen MR) is 165 cm³/mol. The topological polar surface area (TPSA) is 76.2 Å². The number of ether oxygens (including phenoxy) is 2. The second-order valence-electron chi connectivity index (χ2n) is 10.9. The lowest BCUT2D eigenvalue weighted by atomic mass is 9.74. The number of nitrogens with zero attached hydrogens (tertiary/aromatic N) is 2. The van der Waals surface area contributed by atoms with E-state index in [4.69, 9.17) is 17.7 Å². The number of piperidine rings is 1. The quantitative estimate of drug-likeness (QED) is 0.127. The Bertz CT molecular complexity index is 1920. The minimum absolute atomic E-state index is 0.0195. The molecule has 7 nitrogen and oxygen atoms in total. The van der Waals surface area contributed by atoms with Crippen LogP contribution in [-0.2, 0) is 21.6 Å². The largest absolute Gasteiger partial charge is 0.450 e. The van der Waals surface area contributed by atoms with Crippen LogP contribution >= 0.6 is 0 Å². The van der Waals surface area contributed by atoms with Gasteiger partial charge < -0.3 is 19.3 Å². The van der Waals surface area contributed by atoms with E-state index in [9.17, 15) is 27.6 Å². The van der Waals surface area contributed by atoms with Crippen LogP contribution in [0.2, 0.25) is 0 Å². The van der Waals surface area contributed by atoms with Gasteiger partial charge in [0.1, 0.15) is 17.2 Å². The molecule has 0 bridgehead atoms. The van der Waals surface area contributed by atoms with Gasteiger partial charge in [-0.05, 0) is 62.0 Å². The number of carbonyl (C=O) groups is 3. The van der Waals surface area contributed by atoms with Crippen molar-refractivity contribution < 1.29 is 45.3 Å². The first-order valence-electron chi connectivity index (χ1n) is 17.3. The molecule has 46 heavy (non-hydrogen) atoms. The highest BCUT2D eigenvalue weighted by Crippen LogP contribution is 2.43. The molecule has 4 aromatic rings. The van der Waals surface area contributed by atoms with Crippen molar-refractivity contribution in [2.24, 2.45) is 5.92 Å². The molecule has 2 atom stereocenters. The van der Waals surface area contributed by atoms with Crippen LogP contribution in [0.4, 0.5) is 13.2 Å². The third-order valence-corrected chi connectivity index (χ3v) is 7.87. The average Bonchev–Trinajstić information content (AvgIpc) is 3.09. The van der Waals surface area contributed by atoms with Gasteiger partial charge in [-0.3, -0.25) is 4.79 Å². The first kappa shape index (κ1) is 25.3. The number of esters is 2. The zero-order valence-electron chi connectivity index (χ0n) is 30.4. The summed E-state index contributed by atoms with van der Waals surface area (Å²) in [6, 6.07) is 22.7. The van der Waals surface area contributed by atoms with Crippen molar-refractivity contribution in [3.63, 3.8) is 0 Å². The maximum absolute atomic E-state index is 14.6. The van der Waals surface area contributed by atoms with E-state index in [0.717, 1.165) is 0 Å². The first-order valence-corrected chi connectivity index (χ1v) is 14.3. The third kappa shape index (κ3) is 7.29. The molecule has 0 radical (unpaired) electrons. The molecule has 1 fully saturated rings. The normalized spacial score (nSPS) is 20.3. The Morgan fingerprint density at radius 3 is 2.24 bits per heavy atom. The Morgan fingerprint density at radius 2 is 1.52 bits per heavy atom. The van der Waals surface area contributed by atoms with E-state index >= 15 is 0 Å². The number of rotatable bonds is 9. The van der Waals surface area contributed by atoms with Crippen LogP contribution in [0.15, 0.2) is 97.1 Å². The van der Waals surface area contributed by atoms with E-state index in [2.05, 4.69) is 0 Å². The summed E-state index contributed by atoms with van der Waals surface area (Å²) >= 11 is 0.